The maximum Gasteiger partial charge on any atom is 0.00531 e. The van der Waals surface area contributed by atoms with Gasteiger partial charge >= 0.3 is 0 Å². The van der Waals surface area contributed by atoms with Gasteiger partial charge in [0.25, 0.3) is 0 Å². The first-order valence-corrected chi connectivity index (χ1v) is 3.69. The van der Waals surface area contributed by atoms with Crippen LogP contribution >= 0.6 is 0 Å². The number of hydrogen-bond donors (Lipinski definition) is 1. The van der Waals surface area contributed by atoms with E-state index in [9.17, 15) is 0 Å². The maximum absolute atomic E-state index is 7.16. The molecule has 1 N–H and O–H groups in total. The summed E-state index contributed by atoms with van der Waals surface area (Å²) < 4.78 is 0. The Bertz CT molecular complexity index is 134. The second-order valence-corrected chi connectivity index (χ2v) is 3.28. The van der Waals surface area contributed by atoms with E-state index in [4.69, 9.17) is 5.41 Å². The molecule has 0 fully saturated rings. The average Bonchev–Trinajstić information content (AvgIpc) is 1.89. The third-order valence-electron chi connectivity index (χ3n) is 2.03. The van der Waals surface area contributed by atoms with E-state index in [1.165, 1.54) is 6.21 Å². The highest BCUT2D eigenvalue weighted by atomic mass is 14.4. The molecule has 1 heteroatoms. The molecule has 10 heavy (non-hydrogen) atoms. The van der Waals surface area contributed by atoms with Crippen molar-refractivity contribution in [3.05, 3.63) is 12.2 Å². The number of allylic oxidation sites excluding steroid dienone is 2. The van der Waals surface area contributed by atoms with Crippen LogP contribution in [0.5, 0.6) is 0 Å². The highest BCUT2D eigenvalue weighted by Gasteiger charge is 2.19. The lowest BCUT2D eigenvalue weighted by atomic mass is 9.81. The molecule has 0 rings (SSSR count). The van der Waals surface area contributed by atoms with E-state index in [0.717, 1.165) is 0 Å². The SMILES string of the molecule is C/C=C/C(C)C(C)(C)C=N. The molecule has 58 valence electrons. The first-order valence-electron chi connectivity index (χ1n) is 3.69. The molecule has 0 amide bonds. The minimum absolute atomic E-state index is 0.00646. The Morgan fingerprint density at radius 2 is 1.90 bits per heavy atom. The van der Waals surface area contributed by atoms with Crippen LogP contribution in [0.4, 0.5) is 0 Å². The van der Waals surface area contributed by atoms with Gasteiger partial charge in [0.2, 0.25) is 0 Å². The average molecular weight is 139 g/mol. The molecular formula is C9H17N. The van der Waals surface area contributed by atoms with E-state index >= 15 is 0 Å². The quantitative estimate of drug-likeness (QED) is 0.459. The summed E-state index contributed by atoms with van der Waals surface area (Å²) in [5.41, 5.74) is 0.00646. The lowest BCUT2D eigenvalue weighted by Gasteiger charge is -2.23. The molecule has 0 aromatic rings. The summed E-state index contributed by atoms with van der Waals surface area (Å²) in [4.78, 5) is 0. The molecule has 0 aromatic heterocycles. The Hall–Kier alpha value is -0.590. The number of nitrogens with one attached hydrogen (secondary N) is 1. The minimum Gasteiger partial charge on any atom is -0.313 e. The molecule has 1 unspecified atom stereocenters. The van der Waals surface area contributed by atoms with Gasteiger partial charge in [-0.15, -0.1) is 0 Å². The van der Waals surface area contributed by atoms with Gasteiger partial charge < -0.3 is 5.41 Å². The molecule has 0 saturated carbocycles. The fourth-order valence-electron chi connectivity index (χ4n) is 0.668. The molecule has 0 spiro atoms. The van der Waals surface area contributed by atoms with E-state index in [2.05, 4.69) is 26.8 Å². The molecule has 0 aromatic carbocycles. The molecular weight excluding hydrogens is 122 g/mol. The van der Waals surface area contributed by atoms with Crippen LogP contribution in [0, 0.1) is 16.7 Å². The predicted octanol–water partition coefficient (Wildman–Crippen LogP) is 2.87. The van der Waals surface area contributed by atoms with Gasteiger partial charge in [0, 0.05) is 11.6 Å². The van der Waals surface area contributed by atoms with Crippen LogP contribution in [0.25, 0.3) is 0 Å². The summed E-state index contributed by atoms with van der Waals surface area (Å²) in [6.45, 7) is 8.29. The van der Waals surface area contributed by atoms with Crippen molar-refractivity contribution < 1.29 is 0 Å². The van der Waals surface area contributed by atoms with Crippen LogP contribution < -0.4 is 0 Å². The molecule has 0 saturated heterocycles. The molecule has 0 bridgehead atoms. The van der Waals surface area contributed by atoms with Gasteiger partial charge in [-0.1, -0.05) is 32.9 Å². The largest absolute Gasteiger partial charge is 0.313 e. The predicted molar refractivity (Wildman–Crippen MR) is 46.5 cm³/mol. The Labute approximate surface area is 63.7 Å². The van der Waals surface area contributed by atoms with Crippen molar-refractivity contribution in [2.45, 2.75) is 27.7 Å². The second kappa shape index (κ2) is 3.55. The van der Waals surface area contributed by atoms with Crippen LogP contribution in [-0.2, 0) is 0 Å². The van der Waals surface area contributed by atoms with Crippen molar-refractivity contribution in [1.29, 1.82) is 5.41 Å². The van der Waals surface area contributed by atoms with E-state index in [1.54, 1.807) is 0 Å². The summed E-state index contributed by atoms with van der Waals surface area (Å²) in [5, 5.41) is 7.16. The van der Waals surface area contributed by atoms with Crippen molar-refractivity contribution in [3.63, 3.8) is 0 Å². The molecule has 1 atom stereocenters. The summed E-state index contributed by atoms with van der Waals surface area (Å²) in [6, 6.07) is 0. The third kappa shape index (κ3) is 2.34. The molecule has 0 aliphatic carbocycles. The lowest BCUT2D eigenvalue weighted by Crippen LogP contribution is -2.20. The standard InChI is InChI=1S/C9H17N/c1-5-6-8(2)9(3,4)7-10/h5-8,10H,1-4H3/b6-5+,10-7?. The van der Waals surface area contributed by atoms with Gasteiger partial charge in [-0.05, 0) is 12.8 Å². The van der Waals surface area contributed by atoms with E-state index in [1.807, 2.05) is 13.0 Å². The Kier molecular flexibility index (Phi) is 3.34. The first kappa shape index (κ1) is 9.41. The van der Waals surface area contributed by atoms with Gasteiger partial charge in [0.05, 0.1) is 0 Å². The highest BCUT2D eigenvalue weighted by Crippen LogP contribution is 2.24. The van der Waals surface area contributed by atoms with Crippen LogP contribution in [0.3, 0.4) is 0 Å². The Balaban J connectivity index is 4.16. The maximum atomic E-state index is 7.16. The summed E-state index contributed by atoms with van der Waals surface area (Å²) in [7, 11) is 0. The monoisotopic (exact) mass is 139 g/mol. The topological polar surface area (TPSA) is 23.9 Å². The zero-order valence-electron chi connectivity index (χ0n) is 7.31. The summed E-state index contributed by atoms with van der Waals surface area (Å²) in [5.74, 6) is 0.454. The van der Waals surface area contributed by atoms with Gasteiger partial charge in [0.15, 0.2) is 0 Å². The zero-order chi connectivity index (χ0) is 8.20. The molecule has 0 radical (unpaired) electrons. The Morgan fingerprint density at radius 3 is 2.20 bits per heavy atom. The van der Waals surface area contributed by atoms with Crippen molar-refractivity contribution in [2.24, 2.45) is 11.3 Å². The van der Waals surface area contributed by atoms with Crippen molar-refractivity contribution in [3.8, 4) is 0 Å². The molecule has 0 heterocycles. The van der Waals surface area contributed by atoms with Gasteiger partial charge in [0.1, 0.15) is 0 Å². The van der Waals surface area contributed by atoms with Crippen molar-refractivity contribution in [1.82, 2.24) is 0 Å². The van der Waals surface area contributed by atoms with E-state index in [-0.39, 0.29) is 5.41 Å². The van der Waals surface area contributed by atoms with Crippen molar-refractivity contribution >= 4 is 6.21 Å². The smallest absolute Gasteiger partial charge is 0.00531 e. The van der Waals surface area contributed by atoms with Crippen LogP contribution in [0.2, 0.25) is 0 Å². The highest BCUT2D eigenvalue weighted by molar-refractivity contribution is 5.61. The normalized spacial score (nSPS) is 15.6. The van der Waals surface area contributed by atoms with Gasteiger partial charge in [-0.25, -0.2) is 0 Å². The van der Waals surface area contributed by atoms with E-state index < -0.39 is 0 Å². The Morgan fingerprint density at radius 1 is 1.40 bits per heavy atom. The van der Waals surface area contributed by atoms with Gasteiger partial charge in [-0.3, -0.25) is 0 Å². The summed E-state index contributed by atoms with van der Waals surface area (Å²) >= 11 is 0. The number of hydrogen-bond acceptors (Lipinski definition) is 1. The molecule has 0 aliphatic rings. The molecule has 1 nitrogen and oxygen atoms in total. The van der Waals surface area contributed by atoms with E-state index in [0.29, 0.717) is 5.92 Å². The zero-order valence-corrected chi connectivity index (χ0v) is 7.31. The fourth-order valence-corrected chi connectivity index (χ4v) is 0.668. The second-order valence-electron chi connectivity index (χ2n) is 3.28. The minimum atomic E-state index is 0.00646. The lowest BCUT2D eigenvalue weighted by molar-refractivity contribution is 0.411. The fraction of sp³-hybridized carbons (Fsp3) is 0.667. The molecule has 0 aliphatic heterocycles. The van der Waals surface area contributed by atoms with Crippen LogP contribution in [-0.4, -0.2) is 6.21 Å². The van der Waals surface area contributed by atoms with Gasteiger partial charge in [-0.2, -0.15) is 0 Å². The number of rotatable bonds is 3. The van der Waals surface area contributed by atoms with Crippen molar-refractivity contribution in [2.75, 3.05) is 0 Å². The summed E-state index contributed by atoms with van der Waals surface area (Å²) in [6.07, 6.45) is 5.68. The van der Waals surface area contributed by atoms with Crippen LogP contribution in [0.15, 0.2) is 12.2 Å². The third-order valence-corrected chi connectivity index (χ3v) is 2.03. The first-order chi connectivity index (χ1) is 4.54. The van der Waals surface area contributed by atoms with Crippen LogP contribution in [0.1, 0.15) is 27.7 Å².